The van der Waals surface area contributed by atoms with Crippen molar-refractivity contribution < 1.29 is 37.7 Å². The Hall–Kier alpha value is -3.81. The molecule has 0 radical (unpaired) electrons. The molecule has 5 nitrogen and oxygen atoms in total. The average Bonchev–Trinajstić information content (AvgIpc) is 2.71. The molecule has 0 fully saturated rings. The van der Waals surface area contributed by atoms with E-state index in [4.69, 9.17) is 9.84 Å². The normalized spacial score (nSPS) is 11.2. The summed E-state index contributed by atoms with van der Waals surface area (Å²) in [4.78, 5) is 22.1. The molecule has 0 bridgehead atoms. The second kappa shape index (κ2) is 8.91. The molecule has 0 saturated heterocycles. The minimum absolute atomic E-state index is 0.0892. The summed E-state index contributed by atoms with van der Waals surface area (Å²) in [5.74, 6) is -1.65. The lowest BCUT2D eigenvalue weighted by Gasteiger charge is -2.14. The summed E-state index contributed by atoms with van der Waals surface area (Å²) >= 11 is 0. The lowest BCUT2D eigenvalue weighted by atomic mass is 10.0. The lowest BCUT2D eigenvalue weighted by Crippen LogP contribution is -2.09. The number of halogens is 3. The molecule has 3 aromatic rings. The highest BCUT2D eigenvalue weighted by Crippen LogP contribution is 2.38. The van der Waals surface area contributed by atoms with Gasteiger partial charge in [0.1, 0.15) is 18.1 Å². The van der Waals surface area contributed by atoms with Gasteiger partial charge in [0.2, 0.25) is 0 Å². The Labute approximate surface area is 175 Å². The van der Waals surface area contributed by atoms with Gasteiger partial charge in [-0.15, -0.1) is 0 Å². The van der Waals surface area contributed by atoms with Crippen LogP contribution in [0.3, 0.4) is 0 Å². The van der Waals surface area contributed by atoms with Gasteiger partial charge in [-0.25, -0.2) is 0 Å². The fourth-order valence-corrected chi connectivity index (χ4v) is 3.08. The van der Waals surface area contributed by atoms with Crippen molar-refractivity contribution in [2.45, 2.75) is 19.2 Å². The van der Waals surface area contributed by atoms with Crippen LogP contribution in [0, 0.1) is 0 Å². The first-order valence-electron chi connectivity index (χ1n) is 9.10. The molecule has 8 heteroatoms. The highest BCUT2D eigenvalue weighted by molar-refractivity contribution is 5.82. The van der Waals surface area contributed by atoms with Crippen LogP contribution in [0.2, 0.25) is 0 Å². The summed E-state index contributed by atoms with van der Waals surface area (Å²) in [5.41, 5.74) is 0.663. The summed E-state index contributed by atoms with van der Waals surface area (Å²) in [7, 11) is 0. The van der Waals surface area contributed by atoms with Gasteiger partial charge in [0.05, 0.1) is 17.5 Å². The second-order valence-corrected chi connectivity index (χ2v) is 6.73. The quantitative estimate of drug-likeness (QED) is 0.510. The van der Waals surface area contributed by atoms with Crippen LogP contribution in [0.25, 0.3) is 11.1 Å². The first-order chi connectivity index (χ1) is 14.7. The third kappa shape index (κ3) is 5.22. The zero-order valence-electron chi connectivity index (χ0n) is 16.0. The lowest BCUT2D eigenvalue weighted by molar-refractivity contribution is -0.139. The standard InChI is InChI=1S/C23H17F3O5/c24-23(25,26)20-9-6-17(19(12-27)22(20)30)13-31-18-7-4-15(5-8-18)16-3-1-2-14(10-16)11-21(28)29/h1-10,12,30H,11,13H2,(H,28,29). The monoisotopic (exact) mass is 430 g/mol. The number of benzene rings is 3. The molecule has 0 aliphatic carbocycles. The first-order valence-corrected chi connectivity index (χ1v) is 9.10. The Morgan fingerprint density at radius 1 is 1.00 bits per heavy atom. The van der Waals surface area contributed by atoms with Gasteiger partial charge in [-0.3, -0.25) is 9.59 Å². The predicted octanol–water partition coefficient (Wildman–Crippen LogP) is 5.10. The van der Waals surface area contributed by atoms with Crippen molar-refractivity contribution in [1.29, 1.82) is 0 Å². The molecule has 3 aromatic carbocycles. The number of carbonyl (C=O) groups excluding carboxylic acids is 1. The Morgan fingerprint density at radius 3 is 2.32 bits per heavy atom. The number of rotatable bonds is 7. The van der Waals surface area contributed by atoms with Crippen LogP contribution in [0.5, 0.6) is 11.5 Å². The molecule has 0 saturated carbocycles. The average molecular weight is 430 g/mol. The van der Waals surface area contributed by atoms with E-state index in [-0.39, 0.29) is 24.9 Å². The van der Waals surface area contributed by atoms with E-state index in [1.54, 1.807) is 42.5 Å². The zero-order chi connectivity index (χ0) is 22.6. The van der Waals surface area contributed by atoms with Crippen molar-refractivity contribution in [3.63, 3.8) is 0 Å². The zero-order valence-corrected chi connectivity index (χ0v) is 16.0. The number of hydrogen-bond donors (Lipinski definition) is 2. The van der Waals surface area contributed by atoms with Crippen LogP contribution in [0.15, 0.2) is 60.7 Å². The minimum atomic E-state index is -4.78. The molecule has 31 heavy (non-hydrogen) atoms. The topological polar surface area (TPSA) is 83.8 Å². The van der Waals surface area contributed by atoms with Gasteiger partial charge in [-0.05, 0) is 34.9 Å². The number of carboxylic acids is 1. The first kappa shape index (κ1) is 21.9. The van der Waals surface area contributed by atoms with Crippen molar-refractivity contribution in [2.24, 2.45) is 0 Å². The molecule has 0 aliphatic heterocycles. The Bertz CT molecular complexity index is 1110. The molecule has 0 heterocycles. The number of aromatic hydroxyl groups is 1. The second-order valence-electron chi connectivity index (χ2n) is 6.73. The van der Waals surface area contributed by atoms with Gasteiger partial charge < -0.3 is 14.9 Å². The van der Waals surface area contributed by atoms with E-state index < -0.39 is 29.0 Å². The number of ether oxygens (including phenoxy) is 1. The van der Waals surface area contributed by atoms with Crippen molar-refractivity contribution >= 4 is 12.3 Å². The van der Waals surface area contributed by atoms with Crippen molar-refractivity contribution in [3.8, 4) is 22.6 Å². The third-order valence-corrected chi connectivity index (χ3v) is 4.59. The molecule has 160 valence electrons. The van der Waals surface area contributed by atoms with E-state index in [9.17, 15) is 27.9 Å². The summed E-state index contributed by atoms with van der Waals surface area (Å²) in [6.07, 6.45) is -4.70. The molecular weight excluding hydrogens is 413 g/mol. The number of phenols is 1. The smallest absolute Gasteiger partial charge is 0.419 e. The van der Waals surface area contributed by atoms with Gasteiger partial charge in [-0.1, -0.05) is 42.5 Å². The van der Waals surface area contributed by atoms with Gasteiger partial charge in [0.25, 0.3) is 0 Å². The number of aliphatic carboxylic acids is 1. The number of carboxylic acid groups (broad SMARTS) is 1. The van der Waals surface area contributed by atoms with Gasteiger partial charge in [0, 0.05) is 5.56 Å². The van der Waals surface area contributed by atoms with E-state index in [2.05, 4.69) is 0 Å². The van der Waals surface area contributed by atoms with Crippen LogP contribution in [-0.2, 0) is 24.0 Å². The maximum absolute atomic E-state index is 12.9. The molecule has 0 aliphatic rings. The fraction of sp³-hybridized carbons (Fsp3) is 0.130. The van der Waals surface area contributed by atoms with E-state index in [1.165, 1.54) is 0 Å². The molecule has 0 amide bonds. The van der Waals surface area contributed by atoms with Gasteiger partial charge in [0.15, 0.2) is 6.29 Å². The van der Waals surface area contributed by atoms with E-state index >= 15 is 0 Å². The number of alkyl halides is 3. The number of phenolic OH excluding ortho intramolecular Hbond substituents is 1. The van der Waals surface area contributed by atoms with Crippen LogP contribution in [-0.4, -0.2) is 22.5 Å². The van der Waals surface area contributed by atoms with Crippen LogP contribution >= 0.6 is 0 Å². The van der Waals surface area contributed by atoms with E-state index in [1.807, 2.05) is 6.07 Å². The summed E-state index contributed by atoms with van der Waals surface area (Å²) in [5, 5.41) is 18.7. The highest BCUT2D eigenvalue weighted by Gasteiger charge is 2.35. The van der Waals surface area contributed by atoms with Crippen LogP contribution in [0.1, 0.15) is 27.0 Å². The largest absolute Gasteiger partial charge is 0.507 e. The van der Waals surface area contributed by atoms with Gasteiger partial charge >= 0.3 is 12.1 Å². The molecule has 3 rings (SSSR count). The molecule has 0 aromatic heterocycles. The SMILES string of the molecule is O=Cc1c(COc2ccc(-c3cccc(CC(=O)O)c3)cc2)ccc(C(F)(F)F)c1O. The molecular formula is C23H17F3O5. The molecule has 0 spiro atoms. The minimum Gasteiger partial charge on any atom is -0.507 e. The molecule has 0 atom stereocenters. The Balaban J connectivity index is 1.75. The fourth-order valence-electron chi connectivity index (χ4n) is 3.08. The van der Waals surface area contributed by atoms with Crippen LogP contribution in [0.4, 0.5) is 13.2 Å². The summed E-state index contributed by atoms with van der Waals surface area (Å²) in [6, 6.07) is 15.7. The van der Waals surface area contributed by atoms with E-state index in [0.717, 1.165) is 17.2 Å². The van der Waals surface area contributed by atoms with Crippen LogP contribution < -0.4 is 4.74 Å². The number of hydrogen-bond acceptors (Lipinski definition) is 4. The van der Waals surface area contributed by atoms with Crippen molar-refractivity contribution in [2.75, 3.05) is 0 Å². The van der Waals surface area contributed by atoms with Gasteiger partial charge in [-0.2, -0.15) is 13.2 Å². The summed E-state index contributed by atoms with van der Waals surface area (Å²) in [6.45, 7) is -0.215. The maximum Gasteiger partial charge on any atom is 0.419 e. The Morgan fingerprint density at radius 2 is 1.71 bits per heavy atom. The maximum atomic E-state index is 12.9. The number of aldehydes is 1. The molecule has 0 unspecified atom stereocenters. The van der Waals surface area contributed by atoms with E-state index in [0.29, 0.717) is 17.4 Å². The highest BCUT2D eigenvalue weighted by atomic mass is 19.4. The molecule has 2 N–H and O–H groups in total. The predicted molar refractivity (Wildman–Crippen MR) is 106 cm³/mol. The summed E-state index contributed by atoms with van der Waals surface area (Å²) < 4.78 is 44.2. The Kier molecular flexibility index (Phi) is 6.29. The number of carbonyl (C=O) groups is 2. The third-order valence-electron chi connectivity index (χ3n) is 4.59. The van der Waals surface area contributed by atoms with Crippen molar-refractivity contribution in [3.05, 3.63) is 82.9 Å². The van der Waals surface area contributed by atoms with Crippen molar-refractivity contribution in [1.82, 2.24) is 0 Å².